The standard InChI is InChI=1S/C49H38N8O24S7/c1-24-14-29-17-40(85-81-77-64)46(48(58)44(29)36(50)15-24)54-52-31-10-6-25(38(19-31)83-79-75-62)2-4-28-8-12-33(21-42(28)87(68,69)70)56-57(60)34-13-9-26(39(22-34)84-80-76-63)3-5-27-7-11-32(20-41(27)86(65,66)67)53-55-47-43(88(71,72)73)18-30-16-35(82-78-74-61)23-37(51)45(30)49(47)59/h2-23,58-59,61-64H,50-51H2,1H3,(H,65,66,67)(H,68,69,70)(H,71,72,73)/b4-2+,5-3+,54-52?,55-53?,57-56?. The summed E-state index contributed by atoms with van der Waals surface area (Å²) >= 11 is 1.79. The Morgan fingerprint density at radius 2 is 0.920 bits per heavy atom. The van der Waals surface area contributed by atoms with E-state index < -0.39 is 56.5 Å². The van der Waals surface area contributed by atoms with Crippen molar-refractivity contribution in [3.8, 4) is 11.5 Å². The highest BCUT2D eigenvalue weighted by Crippen LogP contribution is 2.48. The van der Waals surface area contributed by atoms with Gasteiger partial charge in [-0.05, 0) is 118 Å². The van der Waals surface area contributed by atoms with E-state index in [9.17, 15) is 54.3 Å². The number of nitrogens with zero attached hydrogens (tertiary/aromatic N) is 6. The van der Waals surface area contributed by atoms with Crippen molar-refractivity contribution in [2.24, 2.45) is 25.6 Å². The Bertz CT molecular complexity index is 4540. The maximum Gasteiger partial charge on any atom is 0.296 e. The van der Waals surface area contributed by atoms with Gasteiger partial charge in [-0.1, -0.05) is 73.6 Å². The quantitative estimate of drug-likeness (QED) is 0.00370. The summed E-state index contributed by atoms with van der Waals surface area (Å²) in [5, 5.41) is 106. The van der Waals surface area contributed by atoms with Crippen molar-refractivity contribution in [3.63, 3.8) is 0 Å². The molecule has 0 spiro atoms. The first-order chi connectivity index (χ1) is 41.8. The number of hydrogen-bond acceptors (Lipinski definition) is 32. The number of hydrogen-bond donors (Lipinski definition) is 11. The van der Waals surface area contributed by atoms with E-state index in [0.29, 0.717) is 53.6 Å². The van der Waals surface area contributed by atoms with Crippen molar-refractivity contribution in [1.82, 2.24) is 0 Å². The summed E-state index contributed by atoms with van der Waals surface area (Å²) in [6.07, 6.45) is 5.09. The summed E-state index contributed by atoms with van der Waals surface area (Å²) in [7, 11) is -15.3. The SMILES string of the molecule is Cc1cc(N)c2c(O)c(N=Nc3ccc(/C=C/c4ccc(N=[N+]([O-])c5ccc(/C=C/c6ccc(N=Nc7c(S(=O)(=O)O)cc8cc(SOOO)cc(N)c8c7O)cc6S(=O)(=O)O)c(SOOO)c5)cc4S(=O)(=O)O)c(SOOO)c3)c(SOOO)cc2c1. The number of nitrogens with two attached hydrogens (primary N) is 2. The fourth-order valence-corrected chi connectivity index (χ4v) is 12.2. The van der Waals surface area contributed by atoms with Gasteiger partial charge in [0.15, 0.2) is 11.5 Å². The Kier molecular flexibility index (Phi) is 21.5. The molecule has 0 saturated heterocycles. The van der Waals surface area contributed by atoms with Crippen LogP contribution in [0.4, 0.5) is 45.5 Å². The molecule has 8 rings (SSSR count). The minimum Gasteiger partial charge on any atom is -0.594 e. The van der Waals surface area contributed by atoms with Gasteiger partial charge < -0.3 is 26.9 Å². The van der Waals surface area contributed by atoms with Crippen molar-refractivity contribution in [2.45, 2.75) is 41.2 Å². The first-order valence-corrected chi connectivity index (χ1v) is 30.7. The summed E-state index contributed by atoms with van der Waals surface area (Å²) < 4.78 is 125. The van der Waals surface area contributed by atoms with Crippen LogP contribution in [-0.4, -0.2) is 75.0 Å². The largest absolute Gasteiger partial charge is 0.594 e. The molecule has 0 heterocycles. The molecule has 0 bridgehead atoms. The van der Waals surface area contributed by atoms with E-state index in [-0.39, 0.29) is 108 Å². The fourth-order valence-electron chi connectivity index (χ4n) is 8.15. The topological polar surface area (TPSA) is 498 Å². The van der Waals surface area contributed by atoms with Gasteiger partial charge in [0.05, 0.1) is 69.3 Å². The zero-order chi connectivity index (χ0) is 63.7. The molecule has 460 valence electrons. The van der Waals surface area contributed by atoms with E-state index in [1.165, 1.54) is 85.0 Å². The Morgan fingerprint density at radius 1 is 0.477 bits per heavy atom. The van der Waals surface area contributed by atoms with Gasteiger partial charge in [-0.2, -0.15) is 35.5 Å². The number of rotatable bonds is 25. The van der Waals surface area contributed by atoms with E-state index in [1.807, 2.05) is 0 Å². The molecule has 0 saturated carbocycles. The van der Waals surface area contributed by atoms with Crippen molar-refractivity contribution in [3.05, 3.63) is 142 Å². The molecule has 0 atom stereocenters. The van der Waals surface area contributed by atoms with Gasteiger partial charge in [-0.3, -0.25) is 13.7 Å². The first kappa shape index (κ1) is 66.2. The highest BCUT2D eigenvalue weighted by atomic mass is 32.2. The molecule has 0 radical (unpaired) electrons. The van der Waals surface area contributed by atoms with E-state index in [2.05, 4.69) is 63.1 Å². The molecule has 0 aliphatic heterocycles. The number of nitrogen functional groups attached to an aromatic ring is 2. The Labute approximate surface area is 511 Å². The van der Waals surface area contributed by atoms with Crippen molar-refractivity contribution in [2.75, 3.05) is 11.5 Å². The smallest absolute Gasteiger partial charge is 0.296 e. The van der Waals surface area contributed by atoms with Gasteiger partial charge >= 0.3 is 0 Å². The van der Waals surface area contributed by atoms with Crippen LogP contribution in [0.5, 0.6) is 11.5 Å². The second-order valence-corrected chi connectivity index (χ2v) is 24.5. The molecule has 0 amide bonds. The summed E-state index contributed by atoms with van der Waals surface area (Å²) in [4.78, 5) is -1.92. The Balaban J connectivity index is 1.05. The van der Waals surface area contributed by atoms with Gasteiger partial charge in [-0.25, -0.2) is 21.0 Å². The predicted molar refractivity (Wildman–Crippen MR) is 314 cm³/mol. The van der Waals surface area contributed by atoms with Crippen LogP contribution in [0.15, 0.2) is 169 Å². The lowest BCUT2D eigenvalue weighted by Gasteiger charge is -2.12. The highest BCUT2D eigenvalue weighted by molar-refractivity contribution is 7.95. The third kappa shape index (κ3) is 16.1. The second kappa shape index (κ2) is 28.6. The molecule has 0 fully saturated rings. The minimum atomic E-state index is -5.15. The van der Waals surface area contributed by atoms with Crippen molar-refractivity contribution < 1.29 is 113 Å². The molecule has 88 heavy (non-hydrogen) atoms. The average molecular weight is 1350 g/mol. The molecule has 32 nitrogen and oxygen atoms in total. The molecule has 13 N–H and O–H groups in total. The number of fused-ring (bicyclic) bond motifs is 2. The maximum absolute atomic E-state index is 13.5. The average Bonchev–Trinajstić information content (AvgIpc) is 0.844. The second-order valence-electron chi connectivity index (χ2n) is 17.4. The Hall–Kier alpha value is -7.79. The molecule has 0 aliphatic carbocycles. The number of phenolic OH excluding ortho intramolecular Hbond substituents is 2. The van der Waals surface area contributed by atoms with Crippen LogP contribution < -0.4 is 11.5 Å². The molecular weight excluding hydrogens is 1310 g/mol. The summed E-state index contributed by atoms with van der Waals surface area (Å²) in [6, 6.07) is 22.7. The molecule has 0 unspecified atom stereocenters. The third-order valence-electron chi connectivity index (χ3n) is 11.8. The third-order valence-corrected chi connectivity index (χ3v) is 17.0. The summed E-state index contributed by atoms with van der Waals surface area (Å²) in [5.41, 5.74) is 11.5. The van der Waals surface area contributed by atoms with Crippen LogP contribution in [0.1, 0.15) is 27.8 Å². The number of azo groups is 3. The van der Waals surface area contributed by atoms with Gasteiger partial charge in [0.2, 0.25) is 5.69 Å². The van der Waals surface area contributed by atoms with Gasteiger partial charge in [-0.15, -0.1) is 27.6 Å². The number of aryl methyl sites for hydroxylation is 1. The monoisotopic (exact) mass is 1350 g/mol. The van der Waals surface area contributed by atoms with E-state index in [1.54, 1.807) is 25.1 Å². The molecule has 0 aliphatic rings. The first-order valence-electron chi connectivity index (χ1n) is 23.4. The number of anilines is 2. The molecular formula is C49H38N8O24S7. The van der Waals surface area contributed by atoms with Crippen LogP contribution in [-0.2, 0) is 67.8 Å². The lowest BCUT2D eigenvalue weighted by molar-refractivity contribution is -0.435. The summed E-state index contributed by atoms with van der Waals surface area (Å²) in [6.45, 7) is 1.79. The summed E-state index contributed by atoms with van der Waals surface area (Å²) in [5.74, 6) is -1.26. The van der Waals surface area contributed by atoms with Gasteiger partial charge in [0.1, 0.15) is 31.7 Å². The van der Waals surface area contributed by atoms with Crippen LogP contribution in [0.25, 0.3) is 45.8 Å². The molecule has 8 aromatic carbocycles. The van der Waals surface area contributed by atoms with Gasteiger partial charge in [0.25, 0.3) is 30.4 Å². The zero-order valence-corrected chi connectivity index (χ0v) is 49.3. The molecule has 0 aromatic heterocycles. The van der Waals surface area contributed by atoms with Crippen molar-refractivity contribution >= 4 is 170 Å². The predicted octanol–water partition coefficient (Wildman–Crippen LogP) is 13.4. The molecule has 8 aromatic rings. The Morgan fingerprint density at radius 3 is 1.49 bits per heavy atom. The minimum absolute atomic E-state index is 0.00710. The number of phenols is 2. The zero-order valence-electron chi connectivity index (χ0n) is 43.5. The maximum atomic E-state index is 13.5. The van der Waals surface area contributed by atoms with E-state index >= 15 is 0 Å². The van der Waals surface area contributed by atoms with Crippen LogP contribution in [0, 0.1) is 12.1 Å². The van der Waals surface area contributed by atoms with E-state index in [4.69, 9.17) is 32.5 Å². The van der Waals surface area contributed by atoms with E-state index in [0.717, 1.165) is 35.9 Å². The van der Waals surface area contributed by atoms with Crippen molar-refractivity contribution in [1.29, 1.82) is 0 Å². The number of aromatic hydroxyl groups is 2. The molecule has 39 heteroatoms. The highest BCUT2D eigenvalue weighted by Gasteiger charge is 2.25. The normalized spacial score (nSPS) is 12.8. The van der Waals surface area contributed by atoms with Crippen LogP contribution in [0.3, 0.4) is 0 Å². The number of benzene rings is 8. The fraction of sp³-hybridized carbons (Fsp3) is 0.0204. The van der Waals surface area contributed by atoms with Crippen LogP contribution >= 0.6 is 48.2 Å². The van der Waals surface area contributed by atoms with Crippen LogP contribution in [0.2, 0.25) is 0 Å². The van der Waals surface area contributed by atoms with Gasteiger partial charge in [0, 0.05) is 49.2 Å². The lowest BCUT2D eigenvalue weighted by Crippen LogP contribution is -2.01. The lowest BCUT2D eigenvalue weighted by atomic mass is 10.0.